The Kier molecular flexibility index (Phi) is 7.55. The minimum atomic E-state index is -4.71. The molecule has 206 valence electrons. The lowest BCUT2D eigenvalue weighted by Crippen LogP contribution is -2.43. The van der Waals surface area contributed by atoms with Crippen molar-refractivity contribution in [2.75, 3.05) is 41.7 Å². The molecular weight excluding hydrogens is 552 g/mol. The largest absolute Gasteiger partial charge is 0.417 e. The Hall–Kier alpha value is -4.29. The van der Waals surface area contributed by atoms with Crippen molar-refractivity contribution in [2.24, 2.45) is 0 Å². The van der Waals surface area contributed by atoms with E-state index in [9.17, 15) is 27.2 Å². The fraction of sp³-hybridized carbons (Fsp3) is 0.185. The summed E-state index contributed by atoms with van der Waals surface area (Å²) in [4.78, 5) is 36.8. The summed E-state index contributed by atoms with van der Waals surface area (Å²) in [6.07, 6.45) is -3.04. The maximum Gasteiger partial charge on any atom is 0.417 e. The molecule has 3 N–H and O–H groups in total. The van der Waals surface area contributed by atoms with Crippen LogP contribution in [-0.4, -0.2) is 48.0 Å². The molecule has 3 aromatic carbocycles. The van der Waals surface area contributed by atoms with Gasteiger partial charge < -0.3 is 20.9 Å². The number of rotatable bonds is 5. The summed E-state index contributed by atoms with van der Waals surface area (Å²) in [5.74, 6) is -0.792. The maximum atomic E-state index is 14.7. The number of halogens is 5. The van der Waals surface area contributed by atoms with Crippen molar-refractivity contribution in [3.63, 3.8) is 0 Å². The highest BCUT2D eigenvalue weighted by molar-refractivity contribution is 6.31. The molecule has 0 spiro atoms. The van der Waals surface area contributed by atoms with Crippen LogP contribution in [0.1, 0.15) is 21.5 Å². The first-order chi connectivity index (χ1) is 19.1. The molecular formula is C27H21ClF4N6O2. The Bertz CT molecular complexity index is 1610. The van der Waals surface area contributed by atoms with Gasteiger partial charge in [0.15, 0.2) is 5.78 Å². The predicted molar refractivity (Wildman–Crippen MR) is 144 cm³/mol. The number of aromatic nitrogens is 2. The van der Waals surface area contributed by atoms with Gasteiger partial charge in [0.05, 0.1) is 33.4 Å². The lowest BCUT2D eigenvalue weighted by Gasteiger charge is -2.28. The number of ketones is 1. The van der Waals surface area contributed by atoms with E-state index in [2.05, 4.69) is 30.8 Å². The van der Waals surface area contributed by atoms with E-state index >= 15 is 0 Å². The molecule has 8 nitrogen and oxygen atoms in total. The highest BCUT2D eigenvalue weighted by Gasteiger charge is 2.33. The first-order valence-electron chi connectivity index (χ1n) is 12.1. The lowest BCUT2D eigenvalue weighted by atomic mass is 10.0. The normalized spacial score (nSPS) is 13.8. The number of benzene rings is 3. The molecule has 0 aliphatic carbocycles. The summed E-state index contributed by atoms with van der Waals surface area (Å²) >= 11 is 5.61. The number of fused-ring (bicyclic) bond motifs is 1. The molecule has 13 heteroatoms. The van der Waals surface area contributed by atoms with Crippen LogP contribution in [0.2, 0.25) is 5.02 Å². The number of nitrogens with zero attached hydrogens (tertiary/aromatic N) is 3. The highest BCUT2D eigenvalue weighted by atomic mass is 35.5. The van der Waals surface area contributed by atoms with Gasteiger partial charge in [-0.3, -0.25) is 9.78 Å². The van der Waals surface area contributed by atoms with Gasteiger partial charge in [0.2, 0.25) is 0 Å². The SMILES string of the molecule is O=C(Nc1ccc(F)c(C(=O)c2ccc3ncc(N4CCNCC4)nc3c2)c1)Nc1ccc(Cl)c(C(F)(F)F)c1. The van der Waals surface area contributed by atoms with E-state index in [1.807, 2.05) is 0 Å². The van der Waals surface area contributed by atoms with E-state index in [0.29, 0.717) is 22.9 Å². The molecule has 0 bridgehead atoms. The number of alkyl halides is 3. The van der Waals surface area contributed by atoms with Crippen molar-refractivity contribution in [2.45, 2.75) is 6.18 Å². The van der Waals surface area contributed by atoms with Crippen LogP contribution < -0.4 is 20.9 Å². The topological polar surface area (TPSA) is 99.2 Å². The Morgan fingerprint density at radius 3 is 2.35 bits per heavy atom. The Labute approximate surface area is 230 Å². The molecule has 40 heavy (non-hydrogen) atoms. The number of carbonyl (C=O) groups is 2. The molecule has 1 fully saturated rings. The molecule has 2 amide bonds. The number of urea groups is 1. The quantitative estimate of drug-likeness (QED) is 0.209. The number of piperazine rings is 1. The summed E-state index contributed by atoms with van der Waals surface area (Å²) in [7, 11) is 0. The Morgan fingerprint density at radius 2 is 1.62 bits per heavy atom. The van der Waals surface area contributed by atoms with Gasteiger partial charge in [0.25, 0.3) is 0 Å². The minimum absolute atomic E-state index is 0.0498. The van der Waals surface area contributed by atoms with E-state index in [1.54, 1.807) is 12.3 Å². The van der Waals surface area contributed by atoms with Crippen LogP contribution in [0.5, 0.6) is 0 Å². The number of nitrogens with one attached hydrogen (secondary N) is 3. The van der Waals surface area contributed by atoms with E-state index in [1.165, 1.54) is 24.3 Å². The maximum absolute atomic E-state index is 14.7. The molecule has 0 saturated carbocycles. The standard InChI is InChI=1S/C27H21ClF4N6O2/c28-20-4-2-17(13-19(20)27(30,31)32)36-26(40)35-16-3-5-21(29)18(12-16)25(39)15-1-6-22-23(11-15)37-24(14-34-22)38-9-7-33-8-10-38/h1-6,11-14,33H,7-10H2,(H2,35,36,40). The van der Waals surface area contributed by atoms with E-state index in [0.717, 1.165) is 44.4 Å². The van der Waals surface area contributed by atoms with Gasteiger partial charge in [-0.15, -0.1) is 0 Å². The fourth-order valence-electron chi connectivity index (χ4n) is 4.24. The van der Waals surface area contributed by atoms with Crippen LogP contribution in [0.25, 0.3) is 11.0 Å². The summed E-state index contributed by atoms with van der Waals surface area (Å²) in [6.45, 7) is 3.15. The fourth-order valence-corrected chi connectivity index (χ4v) is 4.46. The number of hydrogen-bond donors (Lipinski definition) is 3. The average Bonchev–Trinajstić information content (AvgIpc) is 2.94. The zero-order valence-electron chi connectivity index (χ0n) is 20.6. The zero-order chi connectivity index (χ0) is 28.4. The van der Waals surface area contributed by atoms with Crippen molar-refractivity contribution in [1.82, 2.24) is 15.3 Å². The van der Waals surface area contributed by atoms with E-state index in [4.69, 9.17) is 11.6 Å². The van der Waals surface area contributed by atoms with Crippen molar-refractivity contribution in [3.8, 4) is 0 Å². The number of hydrogen-bond acceptors (Lipinski definition) is 6. The monoisotopic (exact) mass is 572 g/mol. The molecule has 1 aliphatic rings. The smallest absolute Gasteiger partial charge is 0.353 e. The average molecular weight is 573 g/mol. The molecule has 0 unspecified atom stereocenters. The van der Waals surface area contributed by atoms with Crippen LogP contribution in [0, 0.1) is 5.82 Å². The lowest BCUT2D eigenvalue weighted by molar-refractivity contribution is -0.137. The Balaban J connectivity index is 1.34. The van der Waals surface area contributed by atoms with Gasteiger partial charge in [-0.2, -0.15) is 13.2 Å². The second-order valence-electron chi connectivity index (χ2n) is 8.96. The van der Waals surface area contributed by atoms with Gasteiger partial charge in [-0.1, -0.05) is 11.6 Å². The van der Waals surface area contributed by atoms with Gasteiger partial charge in [0, 0.05) is 43.1 Å². The molecule has 1 aliphatic heterocycles. The van der Waals surface area contributed by atoms with Gasteiger partial charge in [-0.25, -0.2) is 14.2 Å². The number of amides is 2. The minimum Gasteiger partial charge on any atom is -0.353 e. The van der Waals surface area contributed by atoms with Crippen LogP contribution in [0.4, 0.5) is 39.5 Å². The first kappa shape index (κ1) is 27.3. The molecule has 1 aromatic heterocycles. The molecule has 0 atom stereocenters. The highest BCUT2D eigenvalue weighted by Crippen LogP contribution is 2.36. The van der Waals surface area contributed by atoms with Crippen LogP contribution in [-0.2, 0) is 6.18 Å². The third-order valence-corrected chi connectivity index (χ3v) is 6.56. The van der Waals surface area contributed by atoms with E-state index < -0.39 is 34.4 Å². The number of anilines is 3. The molecule has 4 aromatic rings. The Morgan fingerprint density at radius 1 is 0.925 bits per heavy atom. The second kappa shape index (κ2) is 11.1. The summed E-state index contributed by atoms with van der Waals surface area (Å²) < 4.78 is 54.0. The van der Waals surface area contributed by atoms with Crippen molar-refractivity contribution >= 4 is 51.6 Å². The molecule has 1 saturated heterocycles. The van der Waals surface area contributed by atoms with Crippen molar-refractivity contribution in [1.29, 1.82) is 0 Å². The second-order valence-corrected chi connectivity index (χ2v) is 9.37. The van der Waals surface area contributed by atoms with Crippen molar-refractivity contribution < 1.29 is 27.2 Å². The van der Waals surface area contributed by atoms with Gasteiger partial charge in [0.1, 0.15) is 11.6 Å². The van der Waals surface area contributed by atoms with Crippen LogP contribution in [0.15, 0.2) is 60.8 Å². The zero-order valence-corrected chi connectivity index (χ0v) is 21.4. The first-order valence-corrected chi connectivity index (χ1v) is 12.5. The number of carbonyl (C=O) groups excluding carboxylic acids is 2. The van der Waals surface area contributed by atoms with Crippen molar-refractivity contribution in [3.05, 3.63) is 88.3 Å². The van der Waals surface area contributed by atoms with E-state index in [-0.39, 0.29) is 22.5 Å². The van der Waals surface area contributed by atoms with Gasteiger partial charge >= 0.3 is 12.2 Å². The summed E-state index contributed by atoms with van der Waals surface area (Å²) in [5, 5.41) is 7.41. The molecule has 5 rings (SSSR count). The van der Waals surface area contributed by atoms with Gasteiger partial charge in [-0.05, 0) is 54.6 Å². The van der Waals surface area contributed by atoms with Crippen LogP contribution >= 0.6 is 11.6 Å². The predicted octanol–water partition coefficient (Wildman–Crippen LogP) is 5.73. The molecule has 2 heterocycles. The third kappa shape index (κ3) is 5.97. The summed E-state index contributed by atoms with van der Waals surface area (Å²) in [5.41, 5.74) is -0.327. The van der Waals surface area contributed by atoms with Crippen LogP contribution in [0.3, 0.4) is 0 Å². The third-order valence-electron chi connectivity index (χ3n) is 6.23. The summed E-state index contributed by atoms with van der Waals surface area (Å²) in [6, 6.07) is 10.0. The molecule has 0 radical (unpaired) electrons.